The first kappa shape index (κ1) is 17.0. The standard InChI is InChI=1S/C20H35F/c1-3-5-6-8-16-9-12-18(13-10-16)19-14-11-17(7-4-2)15-20(19)21/h4,16-20H,2-3,5-15H2,1H3. The van der Waals surface area contributed by atoms with Gasteiger partial charge >= 0.3 is 0 Å². The highest BCUT2D eigenvalue weighted by atomic mass is 19.1. The minimum Gasteiger partial charge on any atom is -0.247 e. The normalized spacial score (nSPS) is 37.3. The van der Waals surface area contributed by atoms with E-state index in [1.165, 1.54) is 57.8 Å². The molecule has 0 aromatic heterocycles. The third-order valence-electron chi connectivity index (χ3n) is 6.14. The molecule has 3 atom stereocenters. The lowest BCUT2D eigenvalue weighted by Gasteiger charge is -2.39. The average molecular weight is 294 g/mol. The van der Waals surface area contributed by atoms with Gasteiger partial charge in [-0.1, -0.05) is 51.5 Å². The second-order valence-electron chi connectivity index (χ2n) is 7.66. The Kier molecular flexibility index (Phi) is 7.26. The lowest BCUT2D eigenvalue weighted by Crippen LogP contribution is -2.33. The molecule has 21 heavy (non-hydrogen) atoms. The van der Waals surface area contributed by atoms with Gasteiger partial charge in [0.1, 0.15) is 6.17 Å². The average Bonchev–Trinajstić information content (AvgIpc) is 2.49. The van der Waals surface area contributed by atoms with Gasteiger partial charge in [-0.05, 0) is 62.2 Å². The van der Waals surface area contributed by atoms with E-state index in [1.807, 2.05) is 6.08 Å². The quantitative estimate of drug-likeness (QED) is 0.362. The van der Waals surface area contributed by atoms with Gasteiger partial charge in [-0.3, -0.25) is 0 Å². The fourth-order valence-corrected chi connectivity index (χ4v) is 4.79. The Morgan fingerprint density at radius 1 is 1.00 bits per heavy atom. The van der Waals surface area contributed by atoms with Crippen molar-refractivity contribution in [3.8, 4) is 0 Å². The van der Waals surface area contributed by atoms with Crippen LogP contribution in [0.15, 0.2) is 12.7 Å². The van der Waals surface area contributed by atoms with Crippen LogP contribution in [0.1, 0.15) is 84.0 Å². The monoisotopic (exact) mass is 294 g/mol. The van der Waals surface area contributed by atoms with Crippen LogP contribution in [0.3, 0.4) is 0 Å². The summed E-state index contributed by atoms with van der Waals surface area (Å²) in [6.45, 7) is 6.08. The molecule has 0 spiro atoms. The van der Waals surface area contributed by atoms with Crippen molar-refractivity contribution in [3.63, 3.8) is 0 Å². The summed E-state index contributed by atoms with van der Waals surface area (Å²) in [6.07, 6.45) is 16.5. The molecular formula is C20H35F. The van der Waals surface area contributed by atoms with Gasteiger partial charge in [0.25, 0.3) is 0 Å². The summed E-state index contributed by atoms with van der Waals surface area (Å²) in [5, 5.41) is 0. The van der Waals surface area contributed by atoms with Crippen LogP contribution in [-0.4, -0.2) is 6.17 Å². The van der Waals surface area contributed by atoms with Crippen LogP contribution in [0.25, 0.3) is 0 Å². The molecule has 0 aromatic carbocycles. The summed E-state index contributed by atoms with van der Waals surface area (Å²) in [7, 11) is 0. The SMILES string of the molecule is C=CCC1CCC(C2CCC(CCCCC)CC2)C(F)C1. The Bertz CT molecular complexity index is 290. The zero-order valence-electron chi connectivity index (χ0n) is 14.0. The number of allylic oxidation sites excluding steroid dienone is 1. The Hall–Kier alpha value is -0.330. The molecular weight excluding hydrogens is 259 g/mol. The first-order valence-electron chi connectivity index (χ1n) is 9.49. The van der Waals surface area contributed by atoms with Crippen LogP contribution >= 0.6 is 0 Å². The molecule has 0 aliphatic heterocycles. The van der Waals surface area contributed by atoms with Crippen molar-refractivity contribution in [2.45, 2.75) is 90.1 Å². The summed E-state index contributed by atoms with van der Waals surface area (Å²) in [6, 6.07) is 0. The summed E-state index contributed by atoms with van der Waals surface area (Å²) in [4.78, 5) is 0. The van der Waals surface area contributed by atoms with Crippen molar-refractivity contribution < 1.29 is 4.39 Å². The smallest absolute Gasteiger partial charge is 0.103 e. The highest BCUT2D eigenvalue weighted by Crippen LogP contribution is 2.44. The van der Waals surface area contributed by atoms with Crippen molar-refractivity contribution in [3.05, 3.63) is 12.7 Å². The molecule has 1 heteroatoms. The molecule has 122 valence electrons. The van der Waals surface area contributed by atoms with Crippen LogP contribution in [-0.2, 0) is 0 Å². The van der Waals surface area contributed by atoms with Crippen molar-refractivity contribution in [1.29, 1.82) is 0 Å². The number of rotatable bonds is 7. The predicted molar refractivity (Wildman–Crippen MR) is 90.1 cm³/mol. The van der Waals surface area contributed by atoms with Gasteiger partial charge in [-0.15, -0.1) is 6.58 Å². The first-order valence-corrected chi connectivity index (χ1v) is 9.49. The maximum atomic E-state index is 14.5. The summed E-state index contributed by atoms with van der Waals surface area (Å²) >= 11 is 0. The molecule has 0 saturated heterocycles. The van der Waals surface area contributed by atoms with Gasteiger partial charge in [-0.25, -0.2) is 4.39 Å². The van der Waals surface area contributed by atoms with Crippen LogP contribution in [0.2, 0.25) is 0 Å². The van der Waals surface area contributed by atoms with Gasteiger partial charge in [0.2, 0.25) is 0 Å². The Morgan fingerprint density at radius 2 is 1.71 bits per heavy atom. The third-order valence-corrected chi connectivity index (χ3v) is 6.14. The lowest BCUT2D eigenvalue weighted by atomic mass is 9.67. The fourth-order valence-electron chi connectivity index (χ4n) is 4.79. The van der Waals surface area contributed by atoms with Gasteiger partial charge in [0.15, 0.2) is 0 Å². The van der Waals surface area contributed by atoms with E-state index < -0.39 is 6.17 Å². The third kappa shape index (κ3) is 5.11. The van der Waals surface area contributed by atoms with E-state index in [9.17, 15) is 4.39 Å². The molecule has 0 amide bonds. The number of hydrogen-bond acceptors (Lipinski definition) is 0. The highest BCUT2D eigenvalue weighted by molar-refractivity contribution is 4.88. The van der Waals surface area contributed by atoms with E-state index in [4.69, 9.17) is 0 Å². The molecule has 0 aromatic rings. The Balaban J connectivity index is 1.71. The van der Waals surface area contributed by atoms with Crippen molar-refractivity contribution in [2.75, 3.05) is 0 Å². The summed E-state index contributed by atoms with van der Waals surface area (Å²) < 4.78 is 14.5. The van der Waals surface area contributed by atoms with Crippen LogP contribution in [0, 0.1) is 23.7 Å². The van der Waals surface area contributed by atoms with Crippen LogP contribution < -0.4 is 0 Å². The van der Waals surface area contributed by atoms with Gasteiger partial charge in [-0.2, -0.15) is 0 Å². The molecule has 2 fully saturated rings. The minimum absolute atomic E-state index is 0.377. The number of unbranched alkanes of at least 4 members (excludes halogenated alkanes) is 2. The molecule has 0 radical (unpaired) electrons. The molecule has 2 saturated carbocycles. The van der Waals surface area contributed by atoms with Crippen LogP contribution in [0.5, 0.6) is 0 Å². The molecule has 0 nitrogen and oxygen atoms in total. The Morgan fingerprint density at radius 3 is 2.33 bits per heavy atom. The Labute approximate surface area is 131 Å². The summed E-state index contributed by atoms with van der Waals surface area (Å²) in [5.74, 6) is 2.58. The maximum Gasteiger partial charge on any atom is 0.103 e. The van der Waals surface area contributed by atoms with Gasteiger partial charge in [0.05, 0.1) is 0 Å². The zero-order chi connectivity index (χ0) is 15.1. The van der Waals surface area contributed by atoms with Gasteiger partial charge in [0, 0.05) is 0 Å². The lowest BCUT2D eigenvalue weighted by molar-refractivity contribution is 0.0585. The van der Waals surface area contributed by atoms with Gasteiger partial charge < -0.3 is 0 Å². The van der Waals surface area contributed by atoms with E-state index in [2.05, 4.69) is 13.5 Å². The predicted octanol–water partition coefficient (Wildman–Crippen LogP) is 6.70. The largest absolute Gasteiger partial charge is 0.247 e. The van der Waals surface area contributed by atoms with Crippen LogP contribution in [0.4, 0.5) is 4.39 Å². The number of hydrogen-bond donors (Lipinski definition) is 0. The second kappa shape index (κ2) is 8.96. The number of alkyl halides is 1. The molecule has 2 rings (SSSR count). The molecule has 2 aliphatic rings. The number of halogens is 1. The molecule has 0 bridgehead atoms. The maximum absolute atomic E-state index is 14.5. The minimum atomic E-state index is -0.537. The van der Waals surface area contributed by atoms with E-state index in [0.717, 1.165) is 25.2 Å². The molecule has 0 heterocycles. The molecule has 3 unspecified atom stereocenters. The van der Waals surface area contributed by atoms with Crippen molar-refractivity contribution in [2.24, 2.45) is 23.7 Å². The topological polar surface area (TPSA) is 0 Å². The zero-order valence-corrected chi connectivity index (χ0v) is 14.0. The second-order valence-corrected chi connectivity index (χ2v) is 7.66. The molecule has 0 N–H and O–H groups in total. The fraction of sp³-hybridized carbons (Fsp3) is 0.900. The van der Waals surface area contributed by atoms with E-state index in [1.54, 1.807) is 0 Å². The van der Waals surface area contributed by atoms with E-state index >= 15 is 0 Å². The van der Waals surface area contributed by atoms with E-state index in [-0.39, 0.29) is 0 Å². The van der Waals surface area contributed by atoms with Crippen molar-refractivity contribution in [1.82, 2.24) is 0 Å². The summed E-state index contributed by atoms with van der Waals surface area (Å²) in [5.41, 5.74) is 0. The highest BCUT2D eigenvalue weighted by Gasteiger charge is 2.36. The first-order chi connectivity index (χ1) is 10.2. The van der Waals surface area contributed by atoms with E-state index in [0.29, 0.717) is 17.8 Å². The molecule has 2 aliphatic carbocycles. The van der Waals surface area contributed by atoms with Crippen molar-refractivity contribution >= 4 is 0 Å².